The third-order valence-electron chi connectivity index (χ3n) is 5.35. The molecule has 1 amide bonds. The summed E-state index contributed by atoms with van der Waals surface area (Å²) in [5, 5.41) is 12.0. The number of aliphatic carboxylic acids is 1. The highest BCUT2D eigenvalue weighted by Gasteiger charge is 2.44. The van der Waals surface area contributed by atoms with E-state index < -0.39 is 33.5 Å². The van der Waals surface area contributed by atoms with Gasteiger partial charge in [0.05, 0.1) is 4.90 Å². The lowest BCUT2D eigenvalue weighted by molar-refractivity contribution is -0.143. The van der Waals surface area contributed by atoms with Crippen LogP contribution in [0.25, 0.3) is 0 Å². The molecule has 31 heavy (non-hydrogen) atoms. The Labute approximate surface area is 182 Å². The van der Waals surface area contributed by atoms with Crippen LogP contribution in [0.2, 0.25) is 0 Å². The molecule has 0 saturated heterocycles. The molecule has 10 nitrogen and oxygen atoms in total. The van der Waals surface area contributed by atoms with Crippen molar-refractivity contribution in [2.24, 2.45) is 16.5 Å². The maximum absolute atomic E-state index is 13.2. The standard InChI is InChI=1S/C20H31N5O5S/c1-14-7-9-15(10-8-14)31(29,30)25-20(11-3-2-4-12-20)18(28)24-16(17(26)27)6-5-13-23-19(21)22/h7-10,16,25H,2-6,11-13H2,1H3,(H,24,28)(H,26,27)(H4,21,22,23)/t16-/m0/s1. The number of hydrogen-bond acceptors (Lipinski definition) is 5. The lowest BCUT2D eigenvalue weighted by Gasteiger charge is -2.37. The minimum atomic E-state index is -3.97. The Bertz CT molecular complexity index is 904. The summed E-state index contributed by atoms with van der Waals surface area (Å²) in [7, 11) is -3.97. The number of sulfonamides is 1. The van der Waals surface area contributed by atoms with Gasteiger partial charge in [-0.25, -0.2) is 13.2 Å². The third-order valence-corrected chi connectivity index (χ3v) is 6.90. The smallest absolute Gasteiger partial charge is 0.326 e. The number of hydrogen-bond donors (Lipinski definition) is 5. The normalized spacial score (nSPS) is 16.8. The lowest BCUT2D eigenvalue weighted by Crippen LogP contribution is -2.61. The fraction of sp³-hybridized carbons (Fsp3) is 0.550. The number of carboxylic acids is 1. The van der Waals surface area contributed by atoms with Gasteiger partial charge in [-0.3, -0.25) is 9.79 Å². The van der Waals surface area contributed by atoms with Gasteiger partial charge in [0.1, 0.15) is 11.6 Å². The first kappa shape index (κ1) is 24.6. The van der Waals surface area contributed by atoms with E-state index in [4.69, 9.17) is 11.5 Å². The van der Waals surface area contributed by atoms with Gasteiger partial charge in [-0.2, -0.15) is 4.72 Å². The molecule has 1 aliphatic carbocycles. The maximum Gasteiger partial charge on any atom is 0.326 e. The zero-order valence-electron chi connectivity index (χ0n) is 17.6. The SMILES string of the molecule is Cc1ccc(S(=O)(=O)NC2(C(=O)N[C@@H](CCCN=C(N)N)C(=O)O)CCCCC2)cc1. The molecule has 0 bridgehead atoms. The second-order valence-corrected chi connectivity index (χ2v) is 9.56. The van der Waals surface area contributed by atoms with Crippen LogP contribution in [0, 0.1) is 6.92 Å². The molecule has 1 saturated carbocycles. The van der Waals surface area contributed by atoms with Gasteiger partial charge in [0.15, 0.2) is 5.96 Å². The molecule has 1 fully saturated rings. The first-order valence-corrected chi connectivity index (χ1v) is 11.7. The van der Waals surface area contributed by atoms with Gasteiger partial charge < -0.3 is 21.9 Å². The summed E-state index contributed by atoms with van der Waals surface area (Å²) < 4.78 is 28.5. The number of carbonyl (C=O) groups excluding carboxylic acids is 1. The van der Waals surface area contributed by atoms with Crippen LogP contribution in [0.4, 0.5) is 0 Å². The molecule has 1 atom stereocenters. The number of guanidine groups is 1. The van der Waals surface area contributed by atoms with Gasteiger partial charge in [0, 0.05) is 6.54 Å². The zero-order chi connectivity index (χ0) is 23.1. The van der Waals surface area contributed by atoms with Crippen molar-refractivity contribution in [3.63, 3.8) is 0 Å². The summed E-state index contributed by atoms with van der Waals surface area (Å²) in [5.74, 6) is -1.93. The van der Waals surface area contributed by atoms with Crippen LogP contribution in [-0.2, 0) is 19.6 Å². The summed E-state index contributed by atoms with van der Waals surface area (Å²) in [6, 6.07) is 5.15. The van der Waals surface area contributed by atoms with Crippen LogP contribution < -0.4 is 21.5 Å². The van der Waals surface area contributed by atoms with Gasteiger partial charge in [-0.15, -0.1) is 0 Å². The van der Waals surface area contributed by atoms with Gasteiger partial charge in [-0.05, 0) is 44.7 Å². The predicted molar refractivity (Wildman–Crippen MR) is 117 cm³/mol. The number of nitrogens with one attached hydrogen (secondary N) is 2. The second kappa shape index (κ2) is 10.6. The number of nitrogens with zero attached hydrogens (tertiary/aromatic N) is 1. The van der Waals surface area contributed by atoms with E-state index in [0.29, 0.717) is 32.1 Å². The molecule has 1 aromatic carbocycles. The van der Waals surface area contributed by atoms with E-state index >= 15 is 0 Å². The summed E-state index contributed by atoms with van der Waals surface area (Å²) in [6.45, 7) is 2.08. The third kappa shape index (κ3) is 6.93. The minimum absolute atomic E-state index is 0.0582. The molecular weight excluding hydrogens is 422 g/mol. The molecule has 11 heteroatoms. The number of amides is 1. The van der Waals surface area contributed by atoms with E-state index in [-0.39, 0.29) is 23.8 Å². The van der Waals surface area contributed by atoms with E-state index in [1.807, 2.05) is 6.92 Å². The lowest BCUT2D eigenvalue weighted by atomic mass is 9.81. The Morgan fingerprint density at radius 3 is 2.32 bits per heavy atom. The molecule has 0 heterocycles. The monoisotopic (exact) mass is 453 g/mol. The van der Waals surface area contributed by atoms with Crippen LogP contribution in [0.15, 0.2) is 34.2 Å². The average molecular weight is 454 g/mol. The van der Waals surface area contributed by atoms with Crippen LogP contribution in [-0.4, -0.2) is 49.5 Å². The number of benzene rings is 1. The summed E-state index contributed by atoms with van der Waals surface area (Å²) in [6.07, 6.45) is 3.24. The quantitative estimate of drug-likeness (QED) is 0.196. The van der Waals surface area contributed by atoms with Crippen molar-refractivity contribution in [3.8, 4) is 0 Å². The molecule has 2 rings (SSSR count). The van der Waals surface area contributed by atoms with Crippen molar-refractivity contribution >= 4 is 27.9 Å². The number of aryl methyl sites for hydroxylation is 1. The molecule has 0 unspecified atom stereocenters. The van der Waals surface area contributed by atoms with E-state index in [1.54, 1.807) is 12.1 Å². The predicted octanol–water partition coefficient (Wildman–Crippen LogP) is 0.599. The van der Waals surface area contributed by atoms with Crippen LogP contribution >= 0.6 is 0 Å². The maximum atomic E-state index is 13.2. The van der Waals surface area contributed by atoms with Gasteiger partial charge in [0.2, 0.25) is 15.9 Å². The minimum Gasteiger partial charge on any atom is -0.480 e. The van der Waals surface area contributed by atoms with Gasteiger partial charge in [0.25, 0.3) is 0 Å². The number of carboxylic acid groups (broad SMARTS) is 1. The van der Waals surface area contributed by atoms with Crippen molar-refractivity contribution in [2.75, 3.05) is 6.54 Å². The number of rotatable bonds is 10. The Kier molecular flexibility index (Phi) is 8.40. The summed E-state index contributed by atoms with van der Waals surface area (Å²) >= 11 is 0. The molecule has 0 aliphatic heterocycles. The highest BCUT2D eigenvalue weighted by atomic mass is 32.2. The first-order valence-electron chi connectivity index (χ1n) is 10.3. The molecule has 1 aromatic rings. The van der Waals surface area contributed by atoms with Crippen LogP contribution in [0.3, 0.4) is 0 Å². The molecule has 0 spiro atoms. The average Bonchev–Trinajstić information content (AvgIpc) is 2.70. The van der Waals surface area contributed by atoms with Crippen LogP contribution in [0.5, 0.6) is 0 Å². The van der Waals surface area contributed by atoms with E-state index in [9.17, 15) is 23.1 Å². The number of aliphatic imine (C=N–C) groups is 1. The van der Waals surface area contributed by atoms with Crippen LogP contribution in [0.1, 0.15) is 50.5 Å². The Balaban J connectivity index is 2.19. The van der Waals surface area contributed by atoms with Crippen molar-refractivity contribution in [1.82, 2.24) is 10.0 Å². The molecule has 172 valence electrons. The number of carbonyl (C=O) groups is 2. The molecular formula is C20H31N5O5S. The highest BCUT2D eigenvalue weighted by molar-refractivity contribution is 7.89. The first-order chi connectivity index (χ1) is 14.6. The van der Waals surface area contributed by atoms with E-state index in [2.05, 4.69) is 15.0 Å². The Morgan fingerprint density at radius 1 is 1.16 bits per heavy atom. The number of nitrogens with two attached hydrogens (primary N) is 2. The summed E-state index contributed by atoms with van der Waals surface area (Å²) in [5.41, 5.74) is 10.0. The molecule has 1 aliphatic rings. The van der Waals surface area contributed by atoms with Gasteiger partial charge >= 0.3 is 5.97 Å². The van der Waals surface area contributed by atoms with Crippen molar-refractivity contribution in [2.45, 2.75) is 68.3 Å². The van der Waals surface area contributed by atoms with Crippen molar-refractivity contribution in [1.29, 1.82) is 0 Å². The van der Waals surface area contributed by atoms with Gasteiger partial charge in [-0.1, -0.05) is 37.0 Å². The zero-order valence-corrected chi connectivity index (χ0v) is 18.5. The second-order valence-electron chi connectivity index (χ2n) is 7.87. The molecule has 7 N–H and O–H groups in total. The van der Waals surface area contributed by atoms with E-state index in [0.717, 1.165) is 12.0 Å². The largest absolute Gasteiger partial charge is 0.480 e. The summed E-state index contributed by atoms with van der Waals surface area (Å²) in [4.78, 5) is 28.7. The fourth-order valence-corrected chi connectivity index (χ4v) is 5.05. The van der Waals surface area contributed by atoms with Crippen molar-refractivity contribution in [3.05, 3.63) is 29.8 Å². The Morgan fingerprint density at radius 2 is 1.77 bits per heavy atom. The highest BCUT2D eigenvalue weighted by Crippen LogP contribution is 2.30. The van der Waals surface area contributed by atoms with Crippen molar-refractivity contribution < 1.29 is 23.1 Å². The Hall–Kier alpha value is -2.66. The topological polar surface area (TPSA) is 177 Å². The molecule has 0 radical (unpaired) electrons. The van der Waals surface area contributed by atoms with E-state index in [1.165, 1.54) is 12.1 Å². The fourth-order valence-electron chi connectivity index (χ4n) is 3.62. The molecule has 0 aromatic heterocycles.